The third-order valence-electron chi connectivity index (χ3n) is 5.10. The SMILES string of the molecule is COc1ccc(/C=C2/SC(=O)N(Cc3cccc4ccccc34)C2=O)c(OC)c1OC. The molecular weight excluding hydrogens is 414 g/mol. The molecule has 0 saturated carbocycles. The van der Waals surface area contributed by atoms with Crippen molar-refractivity contribution in [3.8, 4) is 17.2 Å². The summed E-state index contributed by atoms with van der Waals surface area (Å²) in [5, 5.41) is 1.79. The van der Waals surface area contributed by atoms with Crippen LogP contribution in [-0.4, -0.2) is 37.4 Å². The fourth-order valence-corrected chi connectivity index (χ4v) is 4.45. The van der Waals surface area contributed by atoms with Crippen LogP contribution in [0.5, 0.6) is 17.2 Å². The van der Waals surface area contributed by atoms with Gasteiger partial charge < -0.3 is 14.2 Å². The van der Waals surface area contributed by atoms with Crippen molar-refractivity contribution in [2.45, 2.75) is 6.54 Å². The Morgan fingerprint density at radius 1 is 0.871 bits per heavy atom. The monoisotopic (exact) mass is 435 g/mol. The average Bonchev–Trinajstić information content (AvgIpc) is 3.06. The van der Waals surface area contributed by atoms with E-state index in [-0.39, 0.29) is 17.7 Å². The minimum Gasteiger partial charge on any atom is -0.493 e. The summed E-state index contributed by atoms with van der Waals surface area (Å²) in [6.07, 6.45) is 1.65. The Labute approximate surface area is 184 Å². The molecule has 1 saturated heterocycles. The molecule has 0 spiro atoms. The standard InChI is InChI=1S/C24H21NO5S/c1-28-19-12-11-16(21(29-2)22(19)30-3)13-20-23(26)25(24(27)31-20)14-17-9-6-8-15-7-4-5-10-18(15)17/h4-13H,14H2,1-3H3/b20-13+. The van der Waals surface area contributed by atoms with Crippen molar-refractivity contribution in [1.82, 2.24) is 4.90 Å². The summed E-state index contributed by atoms with van der Waals surface area (Å²) in [5.41, 5.74) is 1.54. The van der Waals surface area contributed by atoms with Crippen LogP contribution in [0, 0.1) is 0 Å². The first-order valence-corrected chi connectivity index (χ1v) is 10.4. The lowest BCUT2D eigenvalue weighted by atomic mass is 10.0. The summed E-state index contributed by atoms with van der Waals surface area (Å²) in [6, 6.07) is 17.3. The van der Waals surface area contributed by atoms with Crippen molar-refractivity contribution in [2.24, 2.45) is 0 Å². The summed E-state index contributed by atoms with van der Waals surface area (Å²) in [6.45, 7) is 0.215. The van der Waals surface area contributed by atoms with E-state index >= 15 is 0 Å². The van der Waals surface area contributed by atoms with Gasteiger partial charge in [-0.15, -0.1) is 0 Å². The number of rotatable bonds is 6. The molecule has 3 aromatic rings. The zero-order chi connectivity index (χ0) is 22.0. The maximum atomic E-state index is 13.1. The molecule has 0 aliphatic carbocycles. The molecule has 0 atom stereocenters. The van der Waals surface area contributed by atoms with Gasteiger partial charge >= 0.3 is 0 Å². The Morgan fingerprint density at radius 3 is 2.35 bits per heavy atom. The first-order chi connectivity index (χ1) is 15.1. The van der Waals surface area contributed by atoms with E-state index in [0.29, 0.717) is 27.7 Å². The normalized spacial score (nSPS) is 15.1. The number of hydrogen-bond donors (Lipinski definition) is 0. The summed E-state index contributed by atoms with van der Waals surface area (Å²) >= 11 is 0.915. The number of nitrogens with zero attached hydrogens (tertiary/aromatic N) is 1. The van der Waals surface area contributed by atoms with E-state index in [1.54, 1.807) is 18.2 Å². The molecule has 158 valence electrons. The highest BCUT2D eigenvalue weighted by atomic mass is 32.2. The molecule has 3 aromatic carbocycles. The Kier molecular flexibility index (Phi) is 5.86. The molecule has 31 heavy (non-hydrogen) atoms. The Hall–Kier alpha value is -3.45. The highest BCUT2D eigenvalue weighted by molar-refractivity contribution is 8.18. The highest BCUT2D eigenvalue weighted by Crippen LogP contribution is 2.42. The second-order valence-corrected chi connectivity index (χ2v) is 7.82. The van der Waals surface area contributed by atoms with Gasteiger partial charge in [0.15, 0.2) is 11.5 Å². The van der Waals surface area contributed by atoms with Gasteiger partial charge in [0.1, 0.15) is 0 Å². The maximum absolute atomic E-state index is 13.1. The van der Waals surface area contributed by atoms with Crippen molar-refractivity contribution in [2.75, 3.05) is 21.3 Å². The van der Waals surface area contributed by atoms with Gasteiger partial charge in [0.05, 0.1) is 32.8 Å². The van der Waals surface area contributed by atoms with Crippen LogP contribution in [0.4, 0.5) is 4.79 Å². The molecule has 0 aromatic heterocycles. The van der Waals surface area contributed by atoms with Crippen LogP contribution in [0.15, 0.2) is 59.5 Å². The summed E-state index contributed by atoms with van der Waals surface area (Å²) in [7, 11) is 4.57. The molecule has 2 amide bonds. The van der Waals surface area contributed by atoms with Crippen molar-refractivity contribution < 1.29 is 23.8 Å². The van der Waals surface area contributed by atoms with E-state index in [4.69, 9.17) is 14.2 Å². The van der Waals surface area contributed by atoms with Crippen molar-refractivity contribution >= 4 is 39.8 Å². The molecule has 1 aliphatic rings. The minimum atomic E-state index is -0.334. The van der Waals surface area contributed by atoms with Gasteiger partial charge in [-0.3, -0.25) is 14.5 Å². The topological polar surface area (TPSA) is 65.1 Å². The number of hydrogen-bond acceptors (Lipinski definition) is 6. The lowest BCUT2D eigenvalue weighted by Gasteiger charge is -2.15. The average molecular weight is 436 g/mol. The van der Waals surface area contributed by atoms with Gasteiger partial charge in [-0.1, -0.05) is 42.5 Å². The molecule has 7 heteroatoms. The van der Waals surface area contributed by atoms with Crippen LogP contribution >= 0.6 is 11.8 Å². The fourth-order valence-electron chi connectivity index (χ4n) is 3.62. The third kappa shape index (κ3) is 3.84. The highest BCUT2D eigenvalue weighted by Gasteiger charge is 2.35. The van der Waals surface area contributed by atoms with Crippen LogP contribution in [-0.2, 0) is 11.3 Å². The number of carbonyl (C=O) groups is 2. The first-order valence-electron chi connectivity index (χ1n) is 9.58. The maximum Gasteiger partial charge on any atom is 0.293 e. The Balaban J connectivity index is 1.67. The van der Waals surface area contributed by atoms with Gasteiger partial charge in [0, 0.05) is 5.56 Å². The molecule has 1 aliphatic heterocycles. The first kappa shape index (κ1) is 20.8. The minimum absolute atomic E-state index is 0.215. The second kappa shape index (κ2) is 8.73. The third-order valence-corrected chi connectivity index (χ3v) is 6.01. The van der Waals surface area contributed by atoms with E-state index < -0.39 is 0 Å². The molecule has 1 heterocycles. The van der Waals surface area contributed by atoms with Crippen LogP contribution in [0.1, 0.15) is 11.1 Å². The lowest BCUT2D eigenvalue weighted by Crippen LogP contribution is -2.27. The van der Waals surface area contributed by atoms with Gasteiger partial charge in [-0.2, -0.15) is 0 Å². The Morgan fingerprint density at radius 2 is 1.61 bits per heavy atom. The molecule has 0 N–H and O–H groups in total. The fraction of sp³-hybridized carbons (Fsp3) is 0.167. The van der Waals surface area contributed by atoms with Gasteiger partial charge in [0.25, 0.3) is 11.1 Å². The van der Waals surface area contributed by atoms with Gasteiger partial charge in [-0.05, 0) is 46.3 Å². The molecule has 0 unspecified atom stereocenters. The predicted octanol–water partition coefficient (Wildman–Crippen LogP) is 5.10. The molecule has 1 fully saturated rings. The van der Waals surface area contributed by atoms with Crippen molar-refractivity contribution in [1.29, 1.82) is 0 Å². The van der Waals surface area contributed by atoms with Crippen LogP contribution in [0.2, 0.25) is 0 Å². The summed E-state index contributed by atoms with van der Waals surface area (Å²) in [5.74, 6) is 1.04. The number of ether oxygens (including phenoxy) is 3. The molecule has 6 nitrogen and oxygen atoms in total. The van der Waals surface area contributed by atoms with Crippen molar-refractivity contribution in [3.63, 3.8) is 0 Å². The lowest BCUT2D eigenvalue weighted by molar-refractivity contribution is -0.123. The second-order valence-electron chi connectivity index (χ2n) is 6.83. The molecule has 0 radical (unpaired) electrons. The number of methoxy groups -OCH3 is 3. The number of thioether (sulfide) groups is 1. The van der Waals surface area contributed by atoms with Crippen molar-refractivity contribution in [3.05, 3.63) is 70.6 Å². The Bertz CT molecular complexity index is 1200. The van der Waals surface area contributed by atoms with E-state index in [1.807, 2.05) is 42.5 Å². The van der Waals surface area contributed by atoms with Crippen LogP contribution in [0.3, 0.4) is 0 Å². The van der Waals surface area contributed by atoms with E-state index in [9.17, 15) is 9.59 Å². The largest absolute Gasteiger partial charge is 0.493 e. The van der Waals surface area contributed by atoms with E-state index in [0.717, 1.165) is 28.1 Å². The van der Waals surface area contributed by atoms with E-state index in [2.05, 4.69) is 0 Å². The number of benzene rings is 3. The molecule has 4 rings (SSSR count). The quantitative estimate of drug-likeness (QED) is 0.502. The molecular formula is C24H21NO5S. The summed E-state index contributed by atoms with van der Waals surface area (Å²) in [4.78, 5) is 27.3. The number of fused-ring (bicyclic) bond motifs is 1. The summed E-state index contributed by atoms with van der Waals surface area (Å²) < 4.78 is 16.2. The molecule has 0 bridgehead atoms. The van der Waals surface area contributed by atoms with Gasteiger partial charge in [0.2, 0.25) is 5.75 Å². The zero-order valence-corrected chi connectivity index (χ0v) is 18.2. The van der Waals surface area contributed by atoms with Crippen LogP contribution < -0.4 is 14.2 Å². The number of carbonyl (C=O) groups excluding carboxylic acids is 2. The van der Waals surface area contributed by atoms with Crippen LogP contribution in [0.25, 0.3) is 16.8 Å². The smallest absolute Gasteiger partial charge is 0.293 e. The van der Waals surface area contributed by atoms with Gasteiger partial charge in [-0.25, -0.2) is 0 Å². The van der Waals surface area contributed by atoms with E-state index in [1.165, 1.54) is 26.2 Å². The number of imide groups is 1. The predicted molar refractivity (Wildman–Crippen MR) is 122 cm³/mol. The number of amides is 2. The zero-order valence-electron chi connectivity index (χ0n) is 17.4.